The van der Waals surface area contributed by atoms with Crippen molar-refractivity contribution in [3.05, 3.63) is 71.9 Å². The van der Waals surface area contributed by atoms with E-state index >= 15 is 0 Å². The molecule has 1 unspecified atom stereocenters. The van der Waals surface area contributed by atoms with Gasteiger partial charge in [0.2, 0.25) is 11.5 Å². The zero-order valence-corrected chi connectivity index (χ0v) is 19.0. The molecule has 1 atom stereocenters. The number of halogens is 3. The first-order valence-corrected chi connectivity index (χ1v) is 10.3. The third-order valence-corrected chi connectivity index (χ3v) is 5.51. The Hall–Kier alpha value is -3.26. The van der Waals surface area contributed by atoms with Gasteiger partial charge in [0.25, 0.3) is 0 Å². The van der Waals surface area contributed by atoms with Gasteiger partial charge in [0.15, 0.2) is 0 Å². The van der Waals surface area contributed by atoms with Crippen LogP contribution >= 0.6 is 0 Å². The molecule has 0 spiro atoms. The fraction of sp³-hybridized carbons (Fsp3) is 0.320. The SMILES string of the molecule is C=C/C(=C\N(C)C)c1cc(OCCC(=O)N(C)C)cc2c1-c1ccccc1C2(O)C(F)(F)F. The average molecular weight is 460 g/mol. The van der Waals surface area contributed by atoms with Crippen molar-refractivity contribution in [2.45, 2.75) is 18.2 Å². The monoisotopic (exact) mass is 460 g/mol. The van der Waals surface area contributed by atoms with Crippen LogP contribution in [0, 0.1) is 0 Å². The Labute approximate surface area is 191 Å². The highest BCUT2D eigenvalue weighted by Crippen LogP contribution is 2.57. The van der Waals surface area contributed by atoms with Crippen molar-refractivity contribution < 1.29 is 27.8 Å². The van der Waals surface area contributed by atoms with Crippen molar-refractivity contribution in [2.24, 2.45) is 0 Å². The molecule has 8 heteroatoms. The van der Waals surface area contributed by atoms with Gasteiger partial charge in [-0.2, -0.15) is 13.2 Å². The summed E-state index contributed by atoms with van der Waals surface area (Å²) in [6, 6.07) is 8.78. The average Bonchev–Trinajstić information content (AvgIpc) is 3.01. The number of amides is 1. The Morgan fingerprint density at radius 1 is 1.15 bits per heavy atom. The summed E-state index contributed by atoms with van der Waals surface area (Å²) < 4.78 is 48.7. The minimum absolute atomic E-state index is 0.0204. The van der Waals surface area contributed by atoms with Crippen molar-refractivity contribution in [1.29, 1.82) is 0 Å². The number of ether oxygens (including phenoxy) is 1. The van der Waals surface area contributed by atoms with Gasteiger partial charge in [0.05, 0.1) is 13.0 Å². The van der Waals surface area contributed by atoms with E-state index < -0.39 is 11.8 Å². The highest BCUT2D eigenvalue weighted by Gasteiger charge is 2.61. The molecule has 176 valence electrons. The quantitative estimate of drug-likeness (QED) is 0.622. The van der Waals surface area contributed by atoms with Crippen LogP contribution < -0.4 is 4.74 Å². The summed E-state index contributed by atoms with van der Waals surface area (Å²) in [7, 11) is 6.80. The molecule has 0 heterocycles. The number of nitrogens with zero attached hydrogens (tertiary/aromatic N) is 2. The molecule has 0 aromatic heterocycles. The molecule has 0 saturated carbocycles. The Morgan fingerprint density at radius 2 is 1.82 bits per heavy atom. The molecule has 0 fully saturated rings. The van der Waals surface area contributed by atoms with Gasteiger partial charge in [-0.15, -0.1) is 0 Å². The normalized spacial score (nSPS) is 17.3. The van der Waals surface area contributed by atoms with E-state index in [1.54, 1.807) is 63.6 Å². The van der Waals surface area contributed by atoms with Gasteiger partial charge in [0.1, 0.15) is 5.75 Å². The summed E-state index contributed by atoms with van der Waals surface area (Å²) in [5.74, 6) is -0.0489. The third-order valence-electron chi connectivity index (χ3n) is 5.51. The molecule has 33 heavy (non-hydrogen) atoms. The van der Waals surface area contributed by atoms with Crippen molar-refractivity contribution in [1.82, 2.24) is 9.80 Å². The van der Waals surface area contributed by atoms with Crippen molar-refractivity contribution in [3.8, 4) is 16.9 Å². The first kappa shape index (κ1) is 24.4. The maximum absolute atomic E-state index is 14.3. The number of allylic oxidation sites excluding steroid dienone is 2. The van der Waals surface area contributed by atoms with E-state index in [-0.39, 0.29) is 41.4 Å². The second kappa shape index (κ2) is 8.94. The molecular weight excluding hydrogens is 433 g/mol. The Balaban J connectivity index is 2.24. The van der Waals surface area contributed by atoms with Crippen LogP contribution in [0.4, 0.5) is 13.2 Å². The fourth-order valence-electron chi connectivity index (χ4n) is 3.96. The molecule has 2 aromatic carbocycles. The lowest BCUT2D eigenvalue weighted by atomic mass is 9.89. The van der Waals surface area contributed by atoms with Gasteiger partial charge in [-0.05, 0) is 34.4 Å². The fourth-order valence-corrected chi connectivity index (χ4v) is 3.96. The Kier molecular flexibility index (Phi) is 6.61. The van der Waals surface area contributed by atoms with Crippen LogP contribution in [0.1, 0.15) is 23.1 Å². The molecule has 3 rings (SSSR count). The predicted octanol–water partition coefficient (Wildman–Crippen LogP) is 4.41. The van der Waals surface area contributed by atoms with E-state index in [0.29, 0.717) is 16.7 Å². The molecule has 1 amide bonds. The minimum Gasteiger partial charge on any atom is -0.493 e. The lowest BCUT2D eigenvalue weighted by molar-refractivity contribution is -0.246. The molecule has 2 aromatic rings. The molecule has 1 aliphatic carbocycles. The molecule has 0 aliphatic heterocycles. The summed E-state index contributed by atoms with van der Waals surface area (Å²) >= 11 is 0. The maximum atomic E-state index is 14.3. The molecular formula is C25H27F3N2O3. The molecule has 0 radical (unpaired) electrons. The highest BCUT2D eigenvalue weighted by molar-refractivity contribution is 5.93. The molecule has 0 bridgehead atoms. The van der Waals surface area contributed by atoms with E-state index in [9.17, 15) is 23.1 Å². The number of alkyl halides is 3. The summed E-state index contributed by atoms with van der Waals surface area (Å²) in [4.78, 5) is 15.0. The second-order valence-corrected chi connectivity index (χ2v) is 8.29. The van der Waals surface area contributed by atoms with Gasteiger partial charge >= 0.3 is 6.18 Å². The van der Waals surface area contributed by atoms with Gasteiger partial charge < -0.3 is 19.6 Å². The number of aliphatic hydroxyl groups is 1. The Morgan fingerprint density at radius 3 is 2.39 bits per heavy atom. The van der Waals surface area contributed by atoms with Crippen LogP contribution in [0.25, 0.3) is 16.7 Å². The van der Waals surface area contributed by atoms with Gasteiger partial charge in [-0.1, -0.05) is 36.9 Å². The number of fused-ring (bicyclic) bond motifs is 3. The van der Waals surface area contributed by atoms with Crippen LogP contribution in [0.5, 0.6) is 5.75 Å². The third kappa shape index (κ3) is 4.35. The van der Waals surface area contributed by atoms with Crippen LogP contribution in [-0.2, 0) is 10.4 Å². The predicted molar refractivity (Wildman–Crippen MR) is 122 cm³/mol. The molecule has 5 nitrogen and oxygen atoms in total. The molecule has 1 N–H and O–H groups in total. The lowest BCUT2D eigenvalue weighted by Crippen LogP contribution is -2.41. The number of hydrogen-bond acceptors (Lipinski definition) is 4. The smallest absolute Gasteiger partial charge is 0.425 e. The largest absolute Gasteiger partial charge is 0.493 e. The van der Waals surface area contributed by atoms with Gasteiger partial charge in [0, 0.05) is 45.5 Å². The van der Waals surface area contributed by atoms with E-state index in [0.717, 1.165) is 0 Å². The second-order valence-electron chi connectivity index (χ2n) is 8.29. The number of benzene rings is 2. The number of carbonyl (C=O) groups is 1. The lowest BCUT2D eigenvalue weighted by Gasteiger charge is -2.29. The van der Waals surface area contributed by atoms with Crippen LogP contribution in [-0.4, -0.2) is 61.8 Å². The minimum atomic E-state index is -4.97. The van der Waals surface area contributed by atoms with E-state index in [4.69, 9.17) is 4.74 Å². The summed E-state index contributed by atoms with van der Waals surface area (Å²) in [5, 5.41) is 11.1. The van der Waals surface area contributed by atoms with Crippen LogP contribution in [0.2, 0.25) is 0 Å². The number of carbonyl (C=O) groups excluding carboxylic acids is 1. The van der Waals surface area contributed by atoms with Crippen molar-refractivity contribution in [2.75, 3.05) is 34.8 Å². The summed E-state index contributed by atoms with van der Waals surface area (Å²) in [6.45, 7) is 3.80. The zero-order valence-electron chi connectivity index (χ0n) is 19.0. The van der Waals surface area contributed by atoms with Gasteiger partial charge in [-0.25, -0.2) is 0 Å². The molecule has 1 aliphatic rings. The van der Waals surface area contributed by atoms with E-state index in [2.05, 4.69) is 6.58 Å². The first-order chi connectivity index (χ1) is 15.4. The standard InChI is InChI=1S/C25H27F3N2O3/c1-6-16(15-29(2)3)19-13-17(33-12-11-22(31)30(4)5)14-21-23(19)18-9-7-8-10-20(18)24(21,32)25(26,27)28/h6-10,13-15,32H,1,11-12H2,2-5H3/b16-15+. The molecule has 0 saturated heterocycles. The van der Waals surface area contributed by atoms with E-state index in [1.807, 2.05) is 0 Å². The number of hydrogen-bond donors (Lipinski definition) is 1. The van der Waals surface area contributed by atoms with Crippen molar-refractivity contribution in [3.63, 3.8) is 0 Å². The summed E-state index contributed by atoms with van der Waals surface area (Å²) in [6.07, 6.45) is -1.63. The van der Waals surface area contributed by atoms with E-state index in [1.165, 1.54) is 23.1 Å². The summed E-state index contributed by atoms with van der Waals surface area (Å²) in [5.41, 5.74) is -2.17. The van der Waals surface area contributed by atoms with Crippen molar-refractivity contribution >= 4 is 11.5 Å². The maximum Gasteiger partial charge on any atom is 0.425 e. The highest BCUT2D eigenvalue weighted by atomic mass is 19.4. The van der Waals surface area contributed by atoms with Gasteiger partial charge in [-0.3, -0.25) is 4.79 Å². The number of rotatable bonds is 7. The first-order valence-electron chi connectivity index (χ1n) is 10.3. The van der Waals surface area contributed by atoms with Crippen LogP contribution in [0.15, 0.2) is 55.3 Å². The van der Waals surface area contributed by atoms with Crippen LogP contribution in [0.3, 0.4) is 0 Å². The topological polar surface area (TPSA) is 53.0 Å². The Bertz CT molecular complexity index is 1110. The zero-order chi connectivity index (χ0) is 24.6.